The van der Waals surface area contributed by atoms with Crippen molar-refractivity contribution < 1.29 is 14.3 Å². The van der Waals surface area contributed by atoms with E-state index >= 15 is 0 Å². The lowest BCUT2D eigenvalue weighted by Gasteiger charge is -2.20. The molecule has 0 radical (unpaired) electrons. The van der Waals surface area contributed by atoms with Crippen LogP contribution in [0.4, 0.5) is 0 Å². The first-order chi connectivity index (χ1) is 4.84. The van der Waals surface area contributed by atoms with Crippen LogP contribution >= 0.6 is 0 Å². The molecule has 1 unspecified atom stereocenters. The maximum Gasteiger partial charge on any atom is 0.323 e. The van der Waals surface area contributed by atoms with Gasteiger partial charge in [0.1, 0.15) is 6.04 Å². The number of carbonyl (C=O) groups is 1. The first-order valence-electron chi connectivity index (χ1n) is 3.23. The highest BCUT2D eigenvalue weighted by Gasteiger charge is 2.20. The monoisotopic (exact) mass is 145 g/mol. The van der Waals surface area contributed by atoms with Crippen molar-refractivity contribution in [2.45, 2.75) is 12.5 Å². The summed E-state index contributed by atoms with van der Waals surface area (Å²) in [5, 5.41) is 2.87. The highest BCUT2D eigenvalue weighted by molar-refractivity contribution is 5.75. The lowest BCUT2D eigenvalue weighted by atomic mass is 10.2. The van der Waals surface area contributed by atoms with Gasteiger partial charge in [0.25, 0.3) is 0 Å². The first kappa shape index (κ1) is 7.50. The van der Waals surface area contributed by atoms with Crippen LogP contribution in [0, 0.1) is 0 Å². The molecule has 0 spiro atoms. The number of methoxy groups -OCH3 is 1. The SMILES string of the molecule is COC(=O)C1CCOCN1. The molecule has 10 heavy (non-hydrogen) atoms. The Hall–Kier alpha value is -0.610. The number of hydrogen-bond donors (Lipinski definition) is 1. The highest BCUT2D eigenvalue weighted by Crippen LogP contribution is 1.99. The van der Waals surface area contributed by atoms with E-state index in [1.54, 1.807) is 0 Å². The van der Waals surface area contributed by atoms with Gasteiger partial charge in [-0.3, -0.25) is 10.1 Å². The lowest BCUT2D eigenvalue weighted by Crippen LogP contribution is -2.43. The minimum absolute atomic E-state index is 0.168. The number of ether oxygens (including phenoxy) is 2. The van der Waals surface area contributed by atoms with Crippen LogP contribution in [0.1, 0.15) is 6.42 Å². The van der Waals surface area contributed by atoms with Crippen LogP contribution in [-0.2, 0) is 14.3 Å². The van der Waals surface area contributed by atoms with Crippen LogP contribution in [0.15, 0.2) is 0 Å². The molecule has 0 bridgehead atoms. The Morgan fingerprint density at radius 2 is 2.60 bits per heavy atom. The molecule has 4 heteroatoms. The van der Waals surface area contributed by atoms with Crippen LogP contribution in [0.25, 0.3) is 0 Å². The third-order valence-electron chi connectivity index (χ3n) is 1.47. The molecule has 1 aliphatic rings. The Balaban J connectivity index is 2.31. The summed E-state index contributed by atoms with van der Waals surface area (Å²) in [6.07, 6.45) is 0.701. The van der Waals surface area contributed by atoms with Gasteiger partial charge in [-0.05, 0) is 6.42 Å². The average Bonchev–Trinajstić information content (AvgIpc) is 2.05. The van der Waals surface area contributed by atoms with Gasteiger partial charge in [-0.25, -0.2) is 0 Å². The van der Waals surface area contributed by atoms with Gasteiger partial charge < -0.3 is 9.47 Å². The van der Waals surface area contributed by atoms with E-state index in [1.165, 1.54) is 7.11 Å². The Labute approximate surface area is 59.5 Å². The molecule has 1 N–H and O–H groups in total. The zero-order valence-corrected chi connectivity index (χ0v) is 5.92. The van der Waals surface area contributed by atoms with Crippen molar-refractivity contribution in [3.8, 4) is 0 Å². The molecule has 0 aromatic heterocycles. The molecule has 1 aliphatic heterocycles. The summed E-state index contributed by atoms with van der Waals surface area (Å²) in [5.74, 6) is -0.205. The van der Waals surface area contributed by atoms with Crippen molar-refractivity contribution >= 4 is 5.97 Å². The third-order valence-corrected chi connectivity index (χ3v) is 1.47. The molecule has 0 aromatic rings. The molecule has 0 aliphatic carbocycles. The zero-order chi connectivity index (χ0) is 7.40. The predicted octanol–water partition coefficient (Wildman–Crippen LogP) is -0.505. The van der Waals surface area contributed by atoms with E-state index in [0.29, 0.717) is 19.8 Å². The first-order valence-corrected chi connectivity index (χ1v) is 3.23. The van der Waals surface area contributed by atoms with E-state index < -0.39 is 0 Å². The van der Waals surface area contributed by atoms with Gasteiger partial charge in [-0.1, -0.05) is 0 Å². The predicted molar refractivity (Wildman–Crippen MR) is 34.4 cm³/mol. The topological polar surface area (TPSA) is 47.6 Å². The van der Waals surface area contributed by atoms with E-state index in [4.69, 9.17) is 4.74 Å². The minimum atomic E-state index is -0.205. The third kappa shape index (κ3) is 1.68. The fraction of sp³-hybridized carbons (Fsp3) is 0.833. The maximum atomic E-state index is 10.8. The number of esters is 1. The molecular formula is C6H11NO3. The molecule has 58 valence electrons. The molecule has 4 nitrogen and oxygen atoms in total. The summed E-state index contributed by atoms with van der Waals surface area (Å²) in [6.45, 7) is 1.08. The molecule has 0 amide bonds. The van der Waals surface area contributed by atoms with Gasteiger partial charge in [0.2, 0.25) is 0 Å². The largest absolute Gasteiger partial charge is 0.468 e. The summed E-state index contributed by atoms with van der Waals surface area (Å²) in [6, 6.07) is -0.168. The van der Waals surface area contributed by atoms with Crippen molar-refractivity contribution in [3.63, 3.8) is 0 Å². The number of carbonyl (C=O) groups excluding carboxylic acids is 1. The highest BCUT2D eigenvalue weighted by atomic mass is 16.5. The van der Waals surface area contributed by atoms with Crippen molar-refractivity contribution in [2.24, 2.45) is 0 Å². The molecule has 1 atom stereocenters. The van der Waals surface area contributed by atoms with Gasteiger partial charge in [-0.2, -0.15) is 0 Å². The molecule has 0 saturated carbocycles. The lowest BCUT2D eigenvalue weighted by molar-refractivity contribution is -0.145. The van der Waals surface area contributed by atoms with Gasteiger partial charge in [0.05, 0.1) is 20.4 Å². The Bertz CT molecular complexity index is 120. The van der Waals surface area contributed by atoms with E-state index in [9.17, 15) is 4.79 Å². The fourth-order valence-corrected chi connectivity index (χ4v) is 0.878. The van der Waals surface area contributed by atoms with Gasteiger partial charge in [0, 0.05) is 0 Å². The second-order valence-corrected chi connectivity index (χ2v) is 2.12. The summed E-state index contributed by atoms with van der Waals surface area (Å²) in [5.41, 5.74) is 0. The Morgan fingerprint density at radius 1 is 1.80 bits per heavy atom. The van der Waals surface area contributed by atoms with Crippen LogP contribution in [0.3, 0.4) is 0 Å². The van der Waals surface area contributed by atoms with E-state index in [0.717, 1.165) is 0 Å². The van der Waals surface area contributed by atoms with Gasteiger partial charge >= 0.3 is 5.97 Å². The molecule has 1 rings (SSSR count). The Morgan fingerprint density at radius 3 is 3.10 bits per heavy atom. The van der Waals surface area contributed by atoms with Crippen molar-refractivity contribution in [3.05, 3.63) is 0 Å². The molecule has 1 saturated heterocycles. The molecular weight excluding hydrogens is 134 g/mol. The zero-order valence-electron chi connectivity index (χ0n) is 5.92. The number of nitrogens with one attached hydrogen (secondary N) is 1. The normalized spacial score (nSPS) is 25.9. The van der Waals surface area contributed by atoms with Crippen LogP contribution in [0.5, 0.6) is 0 Å². The molecule has 1 heterocycles. The standard InChI is InChI=1S/C6H11NO3/c1-9-6(8)5-2-3-10-4-7-5/h5,7H,2-4H2,1H3. The van der Waals surface area contributed by atoms with E-state index in [-0.39, 0.29) is 12.0 Å². The summed E-state index contributed by atoms with van der Waals surface area (Å²) in [4.78, 5) is 10.8. The molecule has 0 aromatic carbocycles. The number of hydrogen-bond acceptors (Lipinski definition) is 4. The second kappa shape index (κ2) is 3.53. The van der Waals surface area contributed by atoms with Crippen molar-refractivity contribution in [2.75, 3.05) is 20.4 Å². The number of rotatable bonds is 1. The van der Waals surface area contributed by atoms with E-state index in [2.05, 4.69) is 10.1 Å². The smallest absolute Gasteiger partial charge is 0.323 e. The van der Waals surface area contributed by atoms with E-state index in [1.807, 2.05) is 0 Å². The van der Waals surface area contributed by atoms with Crippen LogP contribution in [-0.4, -0.2) is 32.5 Å². The minimum Gasteiger partial charge on any atom is -0.468 e. The molecule has 1 fully saturated rings. The van der Waals surface area contributed by atoms with Gasteiger partial charge in [-0.15, -0.1) is 0 Å². The summed E-state index contributed by atoms with van der Waals surface area (Å²) < 4.78 is 9.51. The van der Waals surface area contributed by atoms with Gasteiger partial charge in [0.15, 0.2) is 0 Å². The Kier molecular flexibility index (Phi) is 2.65. The second-order valence-electron chi connectivity index (χ2n) is 2.12. The van der Waals surface area contributed by atoms with Crippen LogP contribution in [0.2, 0.25) is 0 Å². The maximum absolute atomic E-state index is 10.8. The summed E-state index contributed by atoms with van der Waals surface area (Å²) in [7, 11) is 1.39. The van der Waals surface area contributed by atoms with Crippen molar-refractivity contribution in [1.29, 1.82) is 0 Å². The van der Waals surface area contributed by atoms with Crippen molar-refractivity contribution in [1.82, 2.24) is 5.32 Å². The fourth-order valence-electron chi connectivity index (χ4n) is 0.878. The summed E-state index contributed by atoms with van der Waals surface area (Å²) >= 11 is 0. The van der Waals surface area contributed by atoms with Crippen LogP contribution < -0.4 is 5.32 Å². The quantitative estimate of drug-likeness (QED) is 0.505. The average molecular weight is 145 g/mol.